The van der Waals surface area contributed by atoms with Crippen molar-refractivity contribution in [2.45, 2.75) is 32.9 Å². The molecular weight excluding hydrogens is 332 g/mol. The molecule has 1 saturated heterocycles. The summed E-state index contributed by atoms with van der Waals surface area (Å²) < 4.78 is 7.79. The Labute approximate surface area is 153 Å². The fraction of sp³-hybridized carbons (Fsp3) is 0.556. The van der Waals surface area contributed by atoms with Crippen molar-refractivity contribution in [3.63, 3.8) is 0 Å². The maximum absolute atomic E-state index is 12.5. The Balaban J connectivity index is 1.73. The highest BCUT2D eigenvalue weighted by Crippen LogP contribution is 2.28. The zero-order valence-electron chi connectivity index (χ0n) is 15.8. The van der Waals surface area contributed by atoms with Crippen LogP contribution in [0.3, 0.4) is 0 Å². The average molecular weight is 358 g/mol. The highest BCUT2D eigenvalue weighted by atomic mass is 16.5. The van der Waals surface area contributed by atoms with Gasteiger partial charge in [0.05, 0.1) is 24.9 Å². The number of morpholine rings is 1. The molecule has 0 aliphatic carbocycles. The number of likely N-dealkylation sites (N-methyl/N-ethyl adjacent to an activating group) is 1. The molecule has 2 aromatic rings. The highest BCUT2D eigenvalue weighted by molar-refractivity contribution is 5.92. The first-order valence-electron chi connectivity index (χ1n) is 8.92. The van der Waals surface area contributed by atoms with Gasteiger partial charge in [-0.05, 0) is 26.5 Å². The summed E-state index contributed by atoms with van der Waals surface area (Å²) in [7, 11) is 1.90. The molecule has 0 aromatic carbocycles. The summed E-state index contributed by atoms with van der Waals surface area (Å²) >= 11 is 0. The van der Waals surface area contributed by atoms with Gasteiger partial charge in [0.15, 0.2) is 0 Å². The van der Waals surface area contributed by atoms with E-state index in [2.05, 4.69) is 32.2 Å². The maximum atomic E-state index is 12.5. The molecule has 3 rings (SSSR count). The van der Waals surface area contributed by atoms with Gasteiger partial charge >= 0.3 is 0 Å². The lowest BCUT2D eigenvalue weighted by atomic mass is 10.0. The van der Waals surface area contributed by atoms with Gasteiger partial charge in [-0.25, -0.2) is 9.97 Å². The lowest BCUT2D eigenvalue weighted by Crippen LogP contribution is -2.49. The van der Waals surface area contributed by atoms with Gasteiger partial charge in [-0.15, -0.1) is 0 Å². The van der Waals surface area contributed by atoms with Crippen molar-refractivity contribution in [1.82, 2.24) is 30.0 Å². The molecule has 1 N–H and O–H groups in total. The molecule has 1 aliphatic heterocycles. The van der Waals surface area contributed by atoms with Crippen molar-refractivity contribution >= 4 is 5.91 Å². The summed E-state index contributed by atoms with van der Waals surface area (Å²) in [5.74, 6) is 0.384. The summed E-state index contributed by atoms with van der Waals surface area (Å²) in [5.41, 5.74) is 2.26. The first kappa shape index (κ1) is 18.5. The van der Waals surface area contributed by atoms with Crippen LogP contribution in [0.5, 0.6) is 0 Å². The smallest absolute Gasteiger partial charge is 0.270 e. The highest BCUT2D eigenvalue weighted by Gasteiger charge is 2.34. The molecule has 26 heavy (non-hydrogen) atoms. The maximum Gasteiger partial charge on any atom is 0.270 e. The van der Waals surface area contributed by atoms with Crippen LogP contribution in [-0.4, -0.2) is 62.9 Å². The molecule has 1 aliphatic rings. The minimum absolute atomic E-state index is 0.0663. The molecule has 2 atom stereocenters. The first-order chi connectivity index (χ1) is 12.5. The second-order valence-electron chi connectivity index (χ2n) is 6.58. The van der Waals surface area contributed by atoms with Crippen LogP contribution in [0.2, 0.25) is 0 Å². The van der Waals surface area contributed by atoms with Gasteiger partial charge in [-0.1, -0.05) is 6.92 Å². The van der Waals surface area contributed by atoms with Crippen LogP contribution in [0, 0.1) is 13.8 Å². The largest absolute Gasteiger partial charge is 0.373 e. The fourth-order valence-electron chi connectivity index (χ4n) is 3.45. The number of nitrogens with one attached hydrogen (secondary N) is 1. The molecule has 140 valence electrons. The number of amides is 1. The third kappa shape index (κ3) is 4.08. The topological polar surface area (TPSA) is 85.2 Å². The standard InChI is InChI=1S/C18H26N6O2/c1-5-24-6-7-26-16(17(24)14-9-20-23(4)11-14)10-19-18(25)15-8-12(2)21-13(3)22-15/h8-9,11,16-17H,5-7,10H2,1-4H3,(H,19,25)/t16-,17-/m0/s1. The third-order valence-corrected chi connectivity index (χ3v) is 4.59. The second kappa shape index (κ2) is 7.92. The van der Waals surface area contributed by atoms with E-state index in [4.69, 9.17) is 4.74 Å². The van der Waals surface area contributed by atoms with Crippen molar-refractivity contribution in [2.75, 3.05) is 26.2 Å². The Morgan fingerprint density at radius 1 is 1.38 bits per heavy atom. The number of aryl methyl sites for hydroxylation is 3. The van der Waals surface area contributed by atoms with Crippen LogP contribution in [0.1, 0.15) is 40.5 Å². The van der Waals surface area contributed by atoms with Gasteiger partial charge in [-0.3, -0.25) is 14.4 Å². The second-order valence-corrected chi connectivity index (χ2v) is 6.58. The number of ether oxygens (including phenoxy) is 1. The van der Waals surface area contributed by atoms with E-state index in [0.717, 1.165) is 24.3 Å². The molecule has 3 heterocycles. The minimum Gasteiger partial charge on any atom is -0.373 e. The number of carbonyl (C=O) groups excluding carboxylic acids is 1. The molecular formula is C18H26N6O2. The Kier molecular flexibility index (Phi) is 5.63. The van der Waals surface area contributed by atoms with E-state index in [1.165, 1.54) is 0 Å². The van der Waals surface area contributed by atoms with Gasteiger partial charge < -0.3 is 10.1 Å². The summed E-state index contributed by atoms with van der Waals surface area (Å²) in [6.45, 7) is 8.62. The Morgan fingerprint density at radius 3 is 2.85 bits per heavy atom. The van der Waals surface area contributed by atoms with E-state index < -0.39 is 0 Å². The van der Waals surface area contributed by atoms with E-state index in [-0.39, 0.29) is 18.1 Å². The predicted molar refractivity (Wildman–Crippen MR) is 96.8 cm³/mol. The summed E-state index contributed by atoms with van der Waals surface area (Å²) in [6.07, 6.45) is 3.74. The lowest BCUT2D eigenvalue weighted by Gasteiger charge is -2.40. The lowest BCUT2D eigenvalue weighted by molar-refractivity contribution is -0.0685. The van der Waals surface area contributed by atoms with E-state index in [1.807, 2.05) is 26.4 Å². The molecule has 2 aromatic heterocycles. The van der Waals surface area contributed by atoms with Crippen LogP contribution < -0.4 is 5.32 Å². The van der Waals surface area contributed by atoms with E-state index >= 15 is 0 Å². The molecule has 1 fully saturated rings. The Morgan fingerprint density at radius 2 is 2.19 bits per heavy atom. The zero-order valence-corrected chi connectivity index (χ0v) is 15.8. The van der Waals surface area contributed by atoms with Crippen molar-refractivity contribution < 1.29 is 9.53 Å². The number of aromatic nitrogens is 4. The van der Waals surface area contributed by atoms with E-state index in [9.17, 15) is 4.79 Å². The predicted octanol–water partition coefficient (Wildman–Crippen LogP) is 1.02. The molecule has 0 unspecified atom stereocenters. The SMILES string of the molecule is CCN1CCO[C@@H](CNC(=O)c2cc(C)nc(C)n2)[C@@H]1c1cnn(C)c1. The molecule has 0 radical (unpaired) electrons. The quantitative estimate of drug-likeness (QED) is 0.859. The monoisotopic (exact) mass is 358 g/mol. The zero-order chi connectivity index (χ0) is 18.7. The first-order valence-corrected chi connectivity index (χ1v) is 8.92. The summed E-state index contributed by atoms with van der Waals surface area (Å²) in [6, 6.07) is 1.76. The Hall–Kier alpha value is -2.32. The van der Waals surface area contributed by atoms with Crippen LogP contribution in [0.15, 0.2) is 18.5 Å². The van der Waals surface area contributed by atoms with Crippen molar-refractivity contribution in [3.8, 4) is 0 Å². The van der Waals surface area contributed by atoms with Crippen molar-refractivity contribution in [2.24, 2.45) is 7.05 Å². The molecule has 0 spiro atoms. The minimum atomic E-state index is -0.208. The molecule has 1 amide bonds. The van der Waals surface area contributed by atoms with E-state index in [1.54, 1.807) is 17.7 Å². The molecule has 8 nitrogen and oxygen atoms in total. The summed E-state index contributed by atoms with van der Waals surface area (Å²) in [5, 5.41) is 7.25. The number of nitrogens with zero attached hydrogens (tertiary/aromatic N) is 5. The fourth-order valence-corrected chi connectivity index (χ4v) is 3.45. The van der Waals surface area contributed by atoms with Gasteiger partial charge in [0.2, 0.25) is 0 Å². The number of carbonyl (C=O) groups is 1. The average Bonchev–Trinajstić information content (AvgIpc) is 3.04. The normalized spacial score (nSPS) is 20.9. The van der Waals surface area contributed by atoms with Gasteiger partial charge in [0, 0.05) is 37.6 Å². The van der Waals surface area contributed by atoms with Gasteiger partial charge in [-0.2, -0.15) is 5.10 Å². The van der Waals surface area contributed by atoms with Crippen molar-refractivity contribution in [3.05, 3.63) is 41.2 Å². The van der Waals surface area contributed by atoms with Crippen molar-refractivity contribution in [1.29, 1.82) is 0 Å². The van der Waals surface area contributed by atoms with Crippen LogP contribution in [0.25, 0.3) is 0 Å². The number of hydrogen-bond donors (Lipinski definition) is 1. The van der Waals surface area contributed by atoms with Crippen LogP contribution >= 0.6 is 0 Å². The van der Waals surface area contributed by atoms with Gasteiger partial charge in [0.25, 0.3) is 5.91 Å². The molecule has 0 bridgehead atoms. The number of hydrogen-bond acceptors (Lipinski definition) is 6. The Bertz CT molecular complexity index is 755. The molecule has 8 heteroatoms. The number of rotatable bonds is 5. The van der Waals surface area contributed by atoms with Gasteiger partial charge in [0.1, 0.15) is 11.5 Å². The third-order valence-electron chi connectivity index (χ3n) is 4.59. The summed E-state index contributed by atoms with van der Waals surface area (Å²) in [4.78, 5) is 23.3. The van der Waals surface area contributed by atoms with Crippen LogP contribution in [0.4, 0.5) is 0 Å². The molecule has 0 saturated carbocycles. The van der Waals surface area contributed by atoms with E-state index in [0.29, 0.717) is 24.7 Å². The van der Waals surface area contributed by atoms with Crippen LogP contribution in [-0.2, 0) is 11.8 Å².